The summed E-state index contributed by atoms with van der Waals surface area (Å²) in [5, 5.41) is 2.90. The van der Waals surface area contributed by atoms with Gasteiger partial charge < -0.3 is 10.2 Å². The molecule has 0 bridgehead atoms. The molecule has 0 saturated heterocycles. The smallest absolute Gasteiger partial charge is 0.230 e. The Balaban J connectivity index is 1.68. The number of carbonyl (C=O) groups is 2. The number of benzene rings is 1. The third-order valence-electron chi connectivity index (χ3n) is 6.25. The molecule has 3 rings (SSSR count). The molecule has 2 amide bonds. The zero-order chi connectivity index (χ0) is 22.6. The van der Waals surface area contributed by atoms with Gasteiger partial charge in [0.05, 0.1) is 16.3 Å². The Morgan fingerprint density at radius 3 is 2.65 bits per heavy atom. The normalized spacial score (nSPS) is 16.8. The van der Waals surface area contributed by atoms with Crippen molar-refractivity contribution in [1.82, 2.24) is 5.32 Å². The number of nitrogens with one attached hydrogen (secondary N) is 1. The third kappa shape index (κ3) is 6.09. The van der Waals surface area contributed by atoms with E-state index in [1.54, 1.807) is 11.0 Å². The van der Waals surface area contributed by atoms with Gasteiger partial charge in [0.15, 0.2) is 9.84 Å². The number of sulfone groups is 1. The molecule has 0 aromatic heterocycles. The lowest BCUT2D eigenvalue weighted by Crippen LogP contribution is -2.32. The molecule has 0 unspecified atom stereocenters. The van der Waals surface area contributed by atoms with Crippen molar-refractivity contribution >= 4 is 43.3 Å². The van der Waals surface area contributed by atoms with Gasteiger partial charge in [0.2, 0.25) is 11.8 Å². The first-order valence-corrected chi connectivity index (χ1v) is 13.8. The highest BCUT2D eigenvalue weighted by atomic mass is 79.9. The van der Waals surface area contributed by atoms with Crippen LogP contribution in [0, 0.1) is 11.8 Å². The first-order chi connectivity index (χ1) is 14.8. The molecule has 8 heteroatoms. The van der Waals surface area contributed by atoms with Crippen LogP contribution >= 0.6 is 15.9 Å². The van der Waals surface area contributed by atoms with Gasteiger partial charge in [0.25, 0.3) is 0 Å². The number of hydrogen-bond acceptors (Lipinski definition) is 4. The van der Waals surface area contributed by atoms with Crippen LogP contribution in [-0.4, -0.2) is 39.1 Å². The van der Waals surface area contributed by atoms with Crippen LogP contribution in [0.4, 0.5) is 5.69 Å². The van der Waals surface area contributed by atoms with Crippen molar-refractivity contribution in [3.63, 3.8) is 0 Å². The molecule has 0 radical (unpaired) electrons. The summed E-state index contributed by atoms with van der Waals surface area (Å²) < 4.78 is 27.1. The zero-order valence-corrected chi connectivity index (χ0v) is 20.9. The van der Waals surface area contributed by atoms with E-state index in [9.17, 15) is 18.0 Å². The van der Waals surface area contributed by atoms with Gasteiger partial charge in [0, 0.05) is 29.9 Å². The van der Waals surface area contributed by atoms with Crippen molar-refractivity contribution in [1.29, 1.82) is 0 Å². The number of fused-ring (bicyclic) bond motifs is 1. The minimum Gasteiger partial charge on any atom is -0.356 e. The van der Waals surface area contributed by atoms with Crippen molar-refractivity contribution in [2.45, 2.75) is 70.1 Å². The van der Waals surface area contributed by atoms with E-state index in [-0.39, 0.29) is 34.8 Å². The summed E-state index contributed by atoms with van der Waals surface area (Å²) in [5.41, 5.74) is 1.39. The van der Waals surface area contributed by atoms with Crippen molar-refractivity contribution < 1.29 is 18.0 Å². The average molecular weight is 513 g/mol. The number of nitrogens with zero attached hydrogens (tertiary/aromatic N) is 1. The number of halogens is 1. The van der Waals surface area contributed by atoms with Crippen molar-refractivity contribution in [3.8, 4) is 0 Å². The molecular weight excluding hydrogens is 480 g/mol. The molecule has 0 spiro atoms. The first-order valence-electron chi connectivity index (χ1n) is 11.4. The number of rotatable bonds is 11. The molecule has 1 aliphatic heterocycles. The number of amides is 2. The van der Waals surface area contributed by atoms with Crippen LogP contribution in [0.3, 0.4) is 0 Å². The Kier molecular flexibility index (Phi) is 8.19. The van der Waals surface area contributed by atoms with Crippen LogP contribution in [0.15, 0.2) is 21.5 Å². The maximum Gasteiger partial charge on any atom is 0.230 e. The molecule has 1 aliphatic carbocycles. The van der Waals surface area contributed by atoms with Crippen LogP contribution in [0.5, 0.6) is 0 Å². The summed E-state index contributed by atoms with van der Waals surface area (Å²) in [5.74, 6) is -0.0334. The number of hydrogen-bond donors (Lipinski definition) is 1. The molecule has 172 valence electrons. The van der Waals surface area contributed by atoms with E-state index < -0.39 is 9.84 Å². The Hall–Kier alpha value is -1.41. The molecule has 31 heavy (non-hydrogen) atoms. The second-order valence-electron chi connectivity index (χ2n) is 8.72. The Bertz CT molecular complexity index is 928. The Morgan fingerprint density at radius 1 is 1.26 bits per heavy atom. The maximum atomic E-state index is 13.2. The van der Waals surface area contributed by atoms with E-state index in [0.717, 1.165) is 44.1 Å². The summed E-state index contributed by atoms with van der Waals surface area (Å²) in [6, 6.07) is 3.46. The lowest BCUT2D eigenvalue weighted by atomic mass is 9.99. The average Bonchev–Trinajstić information content (AvgIpc) is 3.51. The van der Waals surface area contributed by atoms with Gasteiger partial charge in [-0.15, -0.1) is 0 Å². The summed E-state index contributed by atoms with van der Waals surface area (Å²) in [7, 11) is -3.72. The fraction of sp³-hybridized carbons (Fsp3) is 0.652. The van der Waals surface area contributed by atoms with Gasteiger partial charge in [0.1, 0.15) is 0 Å². The van der Waals surface area contributed by atoms with E-state index in [1.807, 2.05) is 6.07 Å². The van der Waals surface area contributed by atoms with Crippen molar-refractivity contribution in [2.75, 3.05) is 23.7 Å². The summed E-state index contributed by atoms with van der Waals surface area (Å²) in [6.45, 7) is 5.36. The van der Waals surface area contributed by atoms with E-state index >= 15 is 0 Å². The minimum atomic E-state index is -3.72. The fourth-order valence-electron chi connectivity index (χ4n) is 4.10. The van der Waals surface area contributed by atoms with E-state index in [2.05, 4.69) is 35.1 Å². The SMILES string of the molecule is CCCC[C@@H](CC)CNC(=O)CCS(=O)(=O)c1cc(Br)cc2c1N(C(=O)C1CC1)CC2. The van der Waals surface area contributed by atoms with E-state index in [1.165, 1.54) is 0 Å². The third-order valence-corrected chi connectivity index (χ3v) is 8.43. The number of anilines is 1. The lowest BCUT2D eigenvalue weighted by molar-refractivity contribution is -0.121. The quantitative estimate of drug-likeness (QED) is 0.480. The molecular formula is C23H33BrN2O4S. The second-order valence-corrected chi connectivity index (χ2v) is 11.7. The van der Waals surface area contributed by atoms with Crippen molar-refractivity contribution in [2.24, 2.45) is 11.8 Å². The van der Waals surface area contributed by atoms with Crippen LogP contribution in [0.2, 0.25) is 0 Å². The first kappa shape index (κ1) is 24.2. The summed E-state index contributed by atoms with van der Waals surface area (Å²) >= 11 is 3.41. The van der Waals surface area contributed by atoms with Gasteiger partial charge in [-0.3, -0.25) is 9.59 Å². The van der Waals surface area contributed by atoms with Crippen molar-refractivity contribution in [3.05, 3.63) is 22.2 Å². The lowest BCUT2D eigenvalue weighted by Gasteiger charge is -2.21. The molecule has 6 nitrogen and oxygen atoms in total. The van der Waals surface area contributed by atoms with Gasteiger partial charge in [-0.1, -0.05) is 49.0 Å². The van der Waals surface area contributed by atoms with E-state index in [4.69, 9.17) is 0 Å². The van der Waals surface area contributed by atoms with E-state index in [0.29, 0.717) is 35.6 Å². The van der Waals surface area contributed by atoms with Gasteiger partial charge >= 0.3 is 0 Å². The topological polar surface area (TPSA) is 83.6 Å². The largest absolute Gasteiger partial charge is 0.356 e. The Labute approximate surface area is 194 Å². The Morgan fingerprint density at radius 2 is 2.00 bits per heavy atom. The highest BCUT2D eigenvalue weighted by Crippen LogP contribution is 2.41. The number of carbonyl (C=O) groups excluding carboxylic acids is 2. The predicted molar refractivity (Wildman–Crippen MR) is 126 cm³/mol. The maximum absolute atomic E-state index is 13.2. The zero-order valence-electron chi connectivity index (χ0n) is 18.5. The molecule has 1 aromatic carbocycles. The number of unbranched alkanes of at least 4 members (excludes halogenated alkanes) is 1. The highest BCUT2D eigenvalue weighted by molar-refractivity contribution is 9.10. The summed E-state index contributed by atoms with van der Waals surface area (Å²) in [4.78, 5) is 26.8. The van der Waals surface area contributed by atoms with Gasteiger partial charge in [-0.2, -0.15) is 0 Å². The molecule has 1 aromatic rings. The summed E-state index contributed by atoms with van der Waals surface area (Å²) in [6.07, 6.45) is 6.64. The standard InChI is InChI=1S/C23H33BrN2O4S/c1-3-5-6-16(4-2)15-25-21(27)10-12-31(29,30)20-14-19(24)13-18-9-11-26(22(18)20)23(28)17-7-8-17/h13-14,16-17H,3-12,15H2,1-2H3,(H,25,27)/t16-/m1/s1. The molecule has 1 fully saturated rings. The van der Waals surface area contributed by atoms with Crippen LogP contribution in [-0.2, 0) is 25.8 Å². The van der Waals surface area contributed by atoms with Gasteiger partial charge in [-0.05, 0) is 49.3 Å². The minimum absolute atomic E-state index is 0.0213. The van der Waals surface area contributed by atoms with Gasteiger partial charge in [-0.25, -0.2) is 8.42 Å². The predicted octanol–water partition coefficient (Wildman–Crippen LogP) is 4.24. The molecule has 1 saturated carbocycles. The van der Waals surface area contributed by atoms with Crippen LogP contribution in [0.25, 0.3) is 0 Å². The second kappa shape index (κ2) is 10.5. The molecule has 1 N–H and O–H groups in total. The van der Waals surface area contributed by atoms with Crippen LogP contribution in [0.1, 0.15) is 64.4 Å². The monoisotopic (exact) mass is 512 g/mol. The molecule has 2 aliphatic rings. The molecule has 1 heterocycles. The highest BCUT2D eigenvalue weighted by Gasteiger charge is 2.39. The van der Waals surface area contributed by atoms with Crippen LogP contribution < -0.4 is 10.2 Å². The molecule has 1 atom stereocenters. The fourth-order valence-corrected chi connectivity index (χ4v) is 6.28.